The molecular weight excluding hydrogens is 248 g/mol. The van der Waals surface area contributed by atoms with Gasteiger partial charge in [-0.2, -0.15) is 0 Å². The second-order valence-corrected chi connectivity index (χ2v) is 5.30. The molecule has 0 aliphatic carbocycles. The van der Waals surface area contributed by atoms with E-state index in [-0.39, 0.29) is 0 Å². The van der Waals surface area contributed by atoms with Gasteiger partial charge in [0.25, 0.3) is 11.9 Å². The molecule has 0 unspecified atom stereocenters. The van der Waals surface area contributed by atoms with E-state index in [1.165, 1.54) is 13.8 Å². The maximum Gasteiger partial charge on any atom is 0.475 e. The fourth-order valence-electron chi connectivity index (χ4n) is 1.36. The van der Waals surface area contributed by atoms with Gasteiger partial charge in [-0.25, -0.2) is 0 Å². The first kappa shape index (κ1) is 14.2. The van der Waals surface area contributed by atoms with Crippen molar-refractivity contribution in [1.29, 1.82) is 0 Å². The fourth-order valence-corrected chi connectivity index (χ4v) is 2.58. The van der Waals surface area contributed by atoms with Gasteiger partial charge in [-0.15, -0.1) is 0 Å². The van der Waals surface area contributed by atoms with Crippen molar-refractivity contribution in [2.45, 2.75) is 20.3 Å². The maximum atomic E-state index is 10.9. The van der Waals surface area contributed by atoms with Crippen LogP contribution in [0.4, 0.5) is 0 Å². The van der Waals surface area contributed by atoms with E-state index >= 15 is 0 Å². The molecule has 0 N–H and O–H groups in total. The monoisotopic (exact) mass is 264 g/mol. The van der Waals surface area contributed by atoms with Crippen LogP contribution in [0.15, 0.2) is 42.1 Å². The predicted octanol–water partition coefficient (Wildman–Crippen LogP) is 1.67. The van der Waals surface area contributed by atoms with Crippen LogP contribution in [0, 0.1) is 0 Å². The molecule has 4 nitrogen and oxygen atoms in total. The second-order valence-electron chi connectivity index (χ2n) is 3.71. The van der Waals surface area contributed by atoms with E-state index in [9.17, 15) is 9.59 Å². The van der Waals surface area contributed by atoms with Crippen LogP contribution in [0.1, 0.15) is 19.4 Å². The summed E-state index contributed by atoms with van der Waals surface area (Å²) in [5.74, 6) is -0.866. The van der Waals surface area contributed by atoms with E-state index in [0.717, 1.165) is 5.56 Å². The van der Waals surface area contributed by atoms with Gasteiger partial charge < -0.3 is 8.85 Å². The number of rotatable bonds is 5. The molecule has 0 aliphatic heterocycles. The molecule has 0 spiro atoms. The zero-order chi connectivity index (χ0) is 13.4. The third kappa shape index (κ3) is 6.00. The number of carbonyl (C=O) groups excluding carboxylic acids is 2. The van der Waals surface area contributed by atoms with E-state index in [1.807, 2.05) is 36.4 Å². The molecule has 0 aliphatic rings. The van der Waals surface area contributed by atoms with Crippen LogP contribution in [0.25, 0.3) is 0 Å². The molecule has 1 aromatic rings. The lowest BCUT2D eigenvalue weighted by molar-refractivity contribution is -0.137. The highest BCUT2D eigenvalue weighted by molar-refractivity contribution is 6.54. The summed E-state index contributed by atoms with van der Waals surface area (Å²) in [6, 6.07) is 9.85. The third-order valence-electron chi connectivity index (χ3n) is 2.05. The van der Waals surface area contributed by atoms with Crippen LogP contribution in [-0.4, -0.2) is 21.2 Å². The molecule has 0 fully saturated rings. The fraction of sp³-hybridized carbons (Fsp3) is 0.231. The van der Waals surface area contributed by atoms with Crippen LogP contribution < -0.4 is 0 Å². The Kier molecular flexibility index (Phi) is 5.86. The summed E-state index contributed by atoms with van der Waals surface area (Å²) in [4.78, 5) is 21.7. The summed E-state index contributed by atoms with van der Waals surface area (Å²) in [6.07, 6.45) is 2.57. The Balaban J connectivity index is 2.54. The Labute approximate surface area is 108 Å². The lowest BCUT2D eigenvalue weighted by Crippen LogP contribution is -2.25. The van der Waals surface area contributed by atoms with E-state index in [2.05, 4.69) is 0 Å². The average molecular weight is 264 g/mol. The van der Waals surface area contributed by atoms with Crippen molar-refractivity contribution in [2.24, 2.45) is 0 Å². The predicted molar refractivity (Wildman–Crippen MR) is 70.0 cm³/mol. The molecule has 18 heavy (non-hydrogen) atoms. The van der Waals surface area contributed by atoms with Gasteiger partial charge in [0, 0.05) is 13.8 Å². The van der Waals surface area contributed by atoms with Gasteiger partial charge in [-0.3, -0.25) is 9.59 Å². The topological polar surface area (TPSA) is 52.6 Å². The Bertz CT molecular complexity index is 412. The molecule has 0 radical (unpaired) electrons. The molecule has 0 bridgehead atoms. The second kappa shape index (κ2) is 7.44. The van der Waals surface area contributed by atoms with Crippen LogP contribution >= 0.6 is 0 Å². The van der Waals surface area contributed by atoms with Gasteiger partial charge in [0.05, 0.1) is 0 Å². The van der Waals surface area contributed by atoms with Gasteiger partial charge >= 0.3 is 9.28 Å². The summed E-state index contributed by atoms with van der Waals surface area (Å²) >= 11 is 0. The van der Waals surface area contributed by atoms with E-state index in [0.29, 0.717) is 6.42 Å². The molecule has 1 rings (SSSR count). The van der Waals surface area contributed by atoms with Crippen LogP contribution in [0.3, 0.4) is 0 Å². The third-order valence-corrected chi connectivity index (χ3v) is 3.77. The standard InChI is InChI=1S/C13H16O4Si/c1-11(14)16-18(17-12(2)15)10-6-9-13-7-4-3-5-8-13/h3-8,10,18H,9H2,1-2H3. The average Bonchev–Trinajstić information content (AvgIpc) is 2.28. The van der Waals surface area contributed by atoms with Crippen molar-refractivity contribution < 1.29 is 18.4 Å². The quantitative estimate of drug-likeness (QED) is 0.759. The van der Waals surface area contributed by atoms with Crippen molar-refractivity contribution in [3.8, 4) is 0 Å². The molecule has 0 atom stereocenters. The largest absolute Gasteiger partial charge is 0.484 e. The number of carbonyl (C=O) groups is 2. The highest BCUT2D eigenvalue weighted by atomic mass is 28.3. The Morgan fingerprint density at radius 2 is 1.67 bits per heavy atom. The zero-order valence-electron chi connectivity index (χ0n) is 10.5. The van der Waals surface area contributed by atoms with E-state index < -0.39 is 21.2 Å². The highest BCUT2D eigenvalue weighted by Crippen LogP contribution is 2.01. The van der Waals surface area contributed by atoms with Gasteiger partial charge in [-0.05, 0) is 17.7 Å². The number of hydrogen-bond acceptors (Lipinski definition) is 4. The molecule has 0 saturated carbocycles. The Hall–Kier alpha value is -1.88. The van der Waals surface area contributed by atoms with Gasteiger partial charge in [0.1, 0.15) is 0 Å². The highest BCUT2D eigenvalue weighted by Gasteiger charge is 2.15. The Morgan fingerprint density at radius 1 is 1.11 bits per heavy atom. The van der Waals surface area contributed by atoms with Crippen molar-refractivity contribution in [3.63, 3.8) is 0 Å². The van der Waals surface area contributed by atoms with E-state index in [1.54, 1.807) is 5.70 Å². The van der Waals surface area contributed by atoms with Crippen LogP contribution in [0.5, 0.6) is 0 Å². The van der Waals surface area contributed by atoms with Gasteiger partial charge in [-0.1, -0.05) is 36.4 Å². The van der Waals surface area contributed by atoms with Crippen LogP contribution in [0.2, 0.25) is 0 Å². The van der Waals surface area contributed by atoms with Crippen molar-refractivity contribution in [1.82, 2.24) is 0 Å². The minimum atomic E-state index is -2.37. The van der Waals surface area contributed by atoms with Crippen LogP contribution in [-0.2, 0) is 24.9 Å². The maximum absolute atomic E-state index is 10.9. The van der Waals surface area contributed by atoms with Crippen molar-refractivity contribution >= 4 is 21.2 Å². The first-order valence-corrected chi connectivity index (χ1v) is 7.24. The molecule has 0 saturated heterocycles. The summed E-state index contributed by atoms with van der Waals surface area (Å²) in [5.41, 5.74) is 2.84. The van der Waals surface area contributed by atoms with Crippen molar-refractivity contribution in [3.05, 3.63) is 47.7 Å². The van der Waals surface area contributed by atoms with Gasteiger partial charge in [0.15, 0.2) is 0 Å². The molecule has 1 aromatic carbocycles. The smallest absolute Gasteiger partial charge is 0.475 e. The van der Waals surface area contributed by atoms with Gasteiger partial charge in [0.2, 0.25) is 0 Å². The molecule has 0 aromatic heterocycles. The molecule has 5 heteroatoms. The number of benzene rings is 1. The number of hydrogen-bond donors (Lipinski definition) is 0. The molecule has 96 valence electrons. The lowest BCUT2D eigenvalue weighted by atomic mass is 10.2. The SMILES string of the molecule is CC(=O)O[SiH](C=CCc1ccccc1)OC(C)=O. The molecule has 0 amide bonds. The minimum Gasteiger partial charge on any atom is -0.484 e. The summed E-state index contributed by atoms with van der Waals surface area (Å²) in [6.45, 7) is 2.60. The lowest BCUT2D eigenvalue weighted by Gasteiger charge is -2.10. The first-order valence-electron chi connectivity index (χ1n) is 5.63. The summed E-state index contributed by atoms with van der Waals surface area (Å²) in [7, 11) is -2.37. The number of allylic oxidation sites excluding steroid dienone is 1. The summed E-state index contributed by atoms with van der Waals surface area (Å²) in [5, 5.41) is 0. The summed E-state index contributed by atoms with van der Waals surface area (Å²) < 4.78 is 9.94. The normalized spacial score (nSPS) is 10.6. The zero-order valence-corrected chi connectivity index (χ0v) is 11.6. The van der Waals surface area contributed by atoms with E-state index in [4.69, 9.17) is 8.85 Å². The first-order chi connectivity index (χ1) is 8.58. The van der Waals surface area contributed by atoms with Crippen molar-refractivity contribution in [2.75, 3.05) is 0 Å². The minimum absolute atomic E-state index is 0.433. The molecule has 0 heterocycles. The molecular formula is C13H16O4Si. The Morgan fingerprint density at radius 3 is 2.17 bits per heavy atom.